The van der Waals surface area contributed by atoms with Crippen LogP contribution in [0.5, 0.6) is 0 Å². The molecule has 0 saturated heterocycles. The molecule has 0 aromatic heterocycles. The van der Waals surface area contributed by atoms with Gasteiger partial charge in [0, 0.05) is 6.04 Å². The van der Waals surface area contributed by atoms with Gasteiger partial charge >= 0.3 is 0 Å². The van der Waals surface area contributed by atoms with Gasteiger partial charge in [0.2, 0.25) is 0 Å². The largest absolute Gasteiger partial charge is 0.271 e. The molecule has 0 aliphatic carbocycles. The molecule has 2 nitrogen and oxygen atoms in total. The maximum Gasteiger partial charge on any atom is 0.0276 e. The third kappa shape index (κ3) is 4.96. The van der Waals surface area contributed by atoms with Crippen LogP contribution in [0.15, 0.2) is 24.3 Å². The van der Waals surface area contributed by atoms with Crippen LogP contribution in [0.1, 0.15) is 58.6 Å². The zero-order valence-electron chi connectivity index (χ0n) is 13.2. The molecule has 1 rings (SSSR count). The Kier molecular flexibility index (Phi) is 6.02. The molecule has 2 unspecified atom stereocenters. The molecule has 0 heterocycles. The van der Waals surface area contributed by atoms with E-state index < -0.39 is 0 Å². The van der Waals surface area contributed by atoms with Crippen LogP contribution in [0.4, 0.5) is 0 Å². The summed E-state index contributed by atoms with van der Waals surface area (Å²) < 4.78 is 0. The van der Waals surface area contributed by atoms with Crippen molar-refractivity contribution in [2.75, 3.05) is 0 Å². The highest BCUT2D eigenvalue weighted by Gasteiger charge is 2.17. The minimum Gasteiger partial charge on any atom is -0.271 e. The van der Waals surface area contributed by atoms with E-state index in [1.807, 2.05) is 0 Å². The summed E-state index contributed by atoms with van der Waals surface area (Å²) >= 11 is 0. The normalized spacial score (nSPS) is 15.3. The summed E-state index contributed by atoms with van der Waals surface area (Å²) in [5, 5.41) is 0. The average Bonchev–Trinajstić information content (AvgIpc) is 2.35. The molecule has 2 heteroatoms. The zero-order chi connectivity index (χ0) is 14.5. The van der Waals surface area contributed by atoms with Crippen molar-refractivity contribution < 1.29 is 0 Å². The zero-order valence-corrected chi connectivity index (χ0v) is 13.2. The van der Waals surface area contributed by atoms with Gasteiger partial charge in [0.05, 0.1) is 0 Å². The lowest BCUT2D eigenvalue weighted by atomic mass is 9.85. The van der Waals surface area contributed by atoms with Crippen LogP contribution >= 0.6 is 0 Å². The Bertz CT molecular complexity index is 362. The van der Waals surface area contributed by atoms with Gasteiger partial charge < -0.3 is 0 Å². The van der Waals surface area contributed by atoms with Gasteiger partial charge in [-0.2, -0.15) is 0 Å². The van der Waals surface area contributed by atoms with Gasteiger partial charge in [-0.1, -0.05) is 65.3 Å². The maximum absolute atomic E-state index is 5.70. The number of hydrogen-bond donors (Lipinski definition) is 2. The van der Waals surface area contributed by atoms with Crippen molar-refractivity contribution in [3.05, 3.63) is 35.4 Å². The predicted octanol–water partition coefficient (Wildman–Crippen LogP) is 3.79. The van der Waals surface area contributed by atoms with E-state index in [4.69, 9.17) is 5.84 Å². The number of hydrogen-bond acceptors (Lipinski definition) is 2. The fourth-order valence-electron chi connectivity index (χ4n) is 2.48. The second-order valence-electron chi connectivity index (χ2n) is 6.69. The number of hydrazine groups is 1. The number of rotatable bonds is 6. The van der Waals surface area contributed by atoms with E-state index in [1.165, 1.54) is 24.0 Å². The summed E-state index contributed by atoms with van der Waals surface area (Å²) in [6, 6.07) is 9.33. The van der Waals surface area contributed by atoms with E-state index in [0.29, 0.717) is 12.0 Å². The summed E-state index contributed by atoms with van der Waals surface area (Å²) in [5.41, 5.74) is 5.95. The van der Waals surface area contributed by atoms with Crippen molar-refractivity contribution in [3.63, 3.8) is 0 Å². The maximum atomic E-state index is 5.70. The Labute approximate surface area is 118 Å². The highest BCUT2D eigenvalue weighted by atomic mass is 15.2. The summed E-state index contributed by atoms with van der Waals surface area (Å²) in [6.45, 7) is 11.2. The van der Waals surface area contributed by atoms with E-state index >= 15 is 0 Å². The first-order valence-corrected chi connectivity index (χ1v) is 7.44. The topological polar surface area (TPSA) is 38.0 Å². The van der Waals surface area contributed by atoms with E-state index in [-0.39, 0.29) is 5.41 Å². The highest BCUT2D eigenvalue weighted by Crippen LogP contribution is 2.23. The summed E-state index contributed by atoms with van der Waals surface area (Å²) in [4.78, 5) is 0. The molecule has 0 amide bonds. The van der Waals surface area contributed by atoms with Crippen molar-refractivity contribution in [1.29, 1.82) is 0 Å². The molecule has 0 spiro atoms. The molecule has 3 N–H and O–H groups in total. The minimum atomic E-state index is 0.222. The van der Waals surface area contributed by atoms with Gasteiger partial charge in [0.1, 0.15) is 0 Å². The third-order valence-electron chi connectivity index (χ3n) is 3.92. The van der Waals surface area contributed by atoms with Crippen molar-refractivity contribution >= 4 is 0 Å². The van der Waals surface area contributed by atoms with Gasteiger partial charge in [-0.05, 0) is 35.3 Å². The van der Waals surface area contributed by atoms with Gasteiger partial charge in [-0.25, -0.2) is 0 Å². The van der Waals surface area contributed by atoms with Crippen LogP contribution in [0, 0.1) is 5.92 Å². The van der Waals surface area contributed by atoms with E-state index in [1.54, 1.807) is 0 Å². The second-order valence-corrected chi connectivity index (χ2v) is 6.69. The first kappa shape index (κ1) is 16.2. The molecule has 2 atom stereocenters. The second kappa shape index (κ2) is 7.06. The monoisotopic (exact) mass is 262 g/mol. The average molecular weight is 262 g/mol. The third-order valence-corrected chi connectivity index (χ3v) is 3.92. The van der Waals surface area contributed by atoms with Crippen LogP contribution < -0.4 is 11.3 Å². The van der Waals surface area contributed by atoms with Gasteiger partial charge in [0.25, 0.3) is 0 Å². The van der Waals surface area contributed by atoms with Crippen LogP contribution in [-0.4, -0.2) is 6.04 Å². The SMILES string of the molecule is CCCC(C)C(Cc1ccc(C(C)(C)C)cc1)NN. The first-order chi connectivity index (χ1) is 8.88. The Hall–Kier alpha value is -0.860. The minimum absolute atomic E-state index is 0.222. The Morgan fingerprint density at radius 2 is 1.74 bits per heavy atom. The molecule has 19 heavy (non-hydrogen) atoms. The van der Waals surface area contributed by atoms with E-state index in [2.05, 4.69) is 64.3 Å². The molecular weight excluding hydrogens is 232 g/mol. The van der Waals surface area contributed by atoms with Crippen molar-refractivity contribution in [2.24, 2.45) is 11.8 Å². The van der Waals surface area contributed by atoms with Crippen LogP contribution in [0.2, 0.25) is 0 Å². The van der Waals surface area contributed by atoms with Crippen molar-refractivity contribution in [2.45, 2.75) is 65.3 Å². The molecule has 108 valence electrons. The molecule has 0 radical (unpaired) electrons. The van der Waals surface area contributed by atoms with Crippen LogP contribution in [-0.2, 0) is 11.8 Å². The summed E-state index contributed by atoms with van der Waals surface area (Å²) in [7, 11) is 0. The smallest absolute Gasteiger partial charge is 0.0276 e. The van der Waals surface area contributed by atoms with Gasteiger partial charge in [-0.15, -0.1) is 0 Å². The molecule has 1 aromatic carbocycles. The lowest BCUT2D eigenvalue weighted by Crippen LogP contribution is -2.41. The molecule has 0 fully saturated rings. The summed E-state index contributed by atoms with van der Waals surface area (Å²) in [5.74, 6) is 6.31. The Morgan fingerprint density at radius 1 is 1.16 bits per heavy atom. The lowest BCUT2D eigenvalue weighted by molar-refractivity contribution is 0.357. The molecule has 0 aliphatic rings. The lowest BCUT2D eigenvalue weighted by Gasteiger charge is -2.24. The number of nitrogens with two attached hydrogens (primary N) is 1. The molecular formula is C17H30N2. The van der Waals surface area contributed by atoms with Crippen molar-refractivity contribution in [1.82, 2.24) is 5.43 Å². The van der Waals surface area contributed by atoms with Crippen molar-refractivity contribution in [3.8, 4) is 0 Å². The quantitative estimate of drug-likeness (QED) is 0.604. The highest BCUT2D eigenvalue weighted by molar-refractivity contribution is 5.28. The molecule has 0 saturated carbocycles. The van der Waals surface area contributed by atoms with Crippen LogP contribution in [0.25, 0.3) is 0 Å². The Balaban J connectivity index is 2.71. The van der Waals surface area contributed by atoms with E-state index in [0.717, 1.165) is 6.42 Å². The summed E-state index contributed by atoms with van der Waals surface area (Å²) in [6.07, 6.45) is 3.43. The van der Waals surface area contributed by atoms with Crippen LogP contribution in [0.3, 0.4) is 0 Å². The van der Waals surface area contributed by atoms with Gasteiger partial charge in [-0.3, -0.25) is 11.3 Å². The molecule has 0 aliphatic heterocycles. The number of benzene rings is 1. The molecule has 0 bridgehead atoms. The standard InChI is InChI=1S/C17H30N2/c1-6-7-13(2)16(19-18)12-14-8-10-15(11-9-14)17(3,4)5/h8-11,13,16,19H,6-7,12,18H2,1-5H3. The van der Waals surface area contributed by atoms with E-state index in [9.17, 15) is 0 Å². The molecule has 1 aromatic rings. The van der Waals surface area contributed by atoms with Gasteiger partial charge in [0.15, 0.2) is 0 Å². The number of nitrogens with one attached hydrogen (secondary N) is 1. The first-order valence-electron chi connectivity index (χ1n) is 7.44. The Morgan fingerprint density at radius 3 is 2.16 bits per heavy atom. The predicted molar refractivity (Wildman–Crippen MR) is 84.0 cm³/mol. The fraction of sp³-hybridized carbons (Fsp3) is 0.647. The fourth-order valence-corrected chi connectivity index (χ4v) is 2.48.